The van der Waals surface area contributed by atoms with Crippen LogP contribution in [0.1, 0.15) is 52.9 Å². The van der Waals surface area contributed by atoms with E-state index in [1.807, 2.05) is 13.8 Å². The molecule has 0 aliphatic heterocycles. The van der Waals surface area contributed by atoms with E-state index in [2.05, 4.69) is 28.9 Å². The summed E-state index contributed by atoms with van der Waals surface area (Å²) in [6.45, 7) is 6.04. The van der Waals surface area contributed by atoms with E-state index in [-0.39, 0.29) is 34.7 Å². The third-order valence-electron chi connectivity index (χ3n) is 8.45. The normalized spacial score (nSPS) is 48.9. The van der Waals surface area contributed by atoms with E-state index in [4.69, 9.17) is 0 Å². The van der Waals surface area contributed by atoms with Crippen LogP contribution in [0.2, 0.25) is 0 Å². The number of rotatable bonds is 2. The van der Waals surface area contributed by atoms with Crippen molar-refractivity contribution in [1.29, 1.82) is 0 Å². The molecule has 0 bridgehead atoms. The molecule has 0 radical (unpaired) electrons. The van der Waals surface area contributed by atoms with Gasteiger partial charge in [0.2, 0.25) is 0 Å². The molecular formula is C22H28BrFO3. The molecule has 0 aromatic carbocycles. The summed E-state index contributed by atoms with van der Waals surface area (Å²) in [4.78, 5) is 24.6. The number of aliphatic hydroxyl groups is 1. The van der Waals surface area contributed by atoms with Crippen LogP contribution in [0.15, 0.2) is 23.3 Å². The van der Waals surface area contributed by atoms with Crippen molar-refractivity contribution in [3.8, 4) is 0 Å². The van der Waals surface area contributed by atoms with Crippen molar-refractivity contribution in [2.75, 3.05) is 5.33 Å². The van der Waals surface area contributed by atoms with Crippen LogP contribution in [0, 0.1) is 28.6 Å². The molecule has 7 atom stereocenters. The van der Waals surface area contributed by atoms with Gasteiger partial charge in [0.05, 0.1) is 5.33 Å². The fourth-order valence-electron chi connectivity index (χ4n) is 6.90. The summed E-state index contributed by atoms with van der Waals surface area (Å²) >= 11 is 3.24. The molecule has 2 unspecified atom stereocenters. The molecule has 4 aliphatic carbocycles. The lowest BCUT2D eigenvalue weighted by atomic mass is 9.50. The minimum atomic E-state index is -1.38. The van der Waals surface area contributed by atoms with E-state index in [0.717, 1.165) is 6.42 Å². The predicted molar refractivity (Wildman–Crippen MR) is 105 cm³/mol. The summed E-state index contributed by atoms with van der Waals surface area (Å²) in [7, 11) is 0. The molecule has 1 N–H and O–H groups in total. The molecule has 4 rings (SSSR count). The lowest BCUT2D eigenvalue weighted by Crippen LogP contribution is -2.57. The molecular weight excluding hydrogens is 411 g/mol. The second-order valence-corrected chi connectivity index (χ2v) is 10.1. The number of ketones is 2. The molecule has 4 aliphatic rings. The topological polar surface area (TPSA) is 54.4 Å². The number of fused-ring (bicyclic) bond motifs is 5. The van der Waals surface area contributed by atoms with Crippen LogP contribution in [0.4, 0.5) is 4.39 Å². The zero-order valence-corrected chi connectivity index (χ0v) is 17.8. The lowest BCUT2D eigenvalue weighted by molar-refractivity contribution is -0.155. The molecule has 0 heterocycles. The highest BCUT2D eigenvalue weighted by molar-refractivity contribution is 9.09. The van der Waals surface area contributed by atoms with E-state index in [0.29, 0.717) is 31.3 Å². The minimum absolute atomic E-state index is 0.0219. The molecule has 0 aromatic rings. The zero-order valence-electron chi connectivity index (χ0n) is 16.2. The first-order chi connectivity index (χ1) is 12.6. The molecule has 0 saturated heterocycles. The van der Waals surface area contributed by atoms with Gasteiger partial charge in [-0.1, -0.05) is 48.4 Å². The predicted octanol–water partition coefficient (Wildman–Crippen LogP) is 4.33. The third-order valence-corrected chi connectivity index (χ3v) is 8.96. The molecule has 5 heteroatoms. The van der Waals surface area contributed by atoms with Crippen molar-refractivity contribution in [2.45, 2.75) is 64.6 Å². The molecule has 0 aromatic heterocycles. The average Bonchev–Trinajstić information content (AvgIpc) is 2.84. The highest BCUT2D eigenvalue weighted by atomic mass is 79.9. The van der Waals surface area contributed by atoms with Crippen LogP contribution >= 0.6 is 15.9 Å². The fraction of sp³-hybridized carbons (Fsp3) is 0.727. The van der Waals surface area contributed by atoms with Gasteiger partial charge in [-0.2, -0.15) is 0 Å². The first kappa shape index (κ1) is 19.5. The largest absolute Gasteiger partial charge is 0.381 e. The number of hydrogen-bond donors (Lipinski definition) is 1. The van der Waals surface area contributed by atoms with Crippen LogP contribution in [0.5, 0.6) is 0 Å². The van der Waals surface area contributed by atoms with Crippen molar-refractivity contribution in [3.05, 3.63) is 23.3 Å². The Morgan fingerprint density at radius 3 is 2.70 bits per heavy atom. The Labute approximate surface area is 168 Å². The summed E-state index contributed by atoms with van der Waals surface area (Å²) in [5, 5.41) is 11.6. The number of allylic oxidation sites excluding steroid dienone is 4. The van der Waals surface area contributed by atoms with E-state index >= 15 is 4.39 Å². The van der Waals surface area contributed by atoms with Gasteiger partial charge in [-0.05, 0) is 55.1 Å². The van der Waals surface area contributed by atoms with Crippen molar-refractivity contribution < 1.29 is 19.1 Å². The van der Waals surface area contributed by atoms with E-state index in [1.54, 1.807) is 6.08 Å². The summed E-state index contributed by atoms with van der Waals surface area (Å²) in [6.07, 6.45) is 5.41. The Hall–Kier alpha value is -0.810. The second-order valence-electron chi connectivity index (χ2n) is 9.56. The summed E-state index contributed by atoms with van der Waals surface area (Å²) in [6, 6.07) is 0. The molecule has 2 fully saturated rings. The van der Waals surface area contributed by atoms with Gasteiger partial charge in [0.15, 0.2) is 11.6 Å². The number of hydrogen-bond acceptors (Lipinski definition) is 3. The smallest absolute Gasteiger partial charge is 0.175 e. The molecule has 0 spiro atoms. The van der Waals surface area contributed by atoms with Gasteiger partial charge in [-0.3, -0.25) is 9.59 Å². The third kappa shape index (κ3) is 2.33. The average molecular weight is 439 g/mol. The highest BCUT2D eigenvalue weighted by Crippen LogP contribution is 2.67. The quantitative estimate of drug-likeness (QED) is 0.515. The number of carbonyl (C=O) groups is 2. The van der Waals surface area contributed by atoms with Crippen molar-refractivity contribution in [3.63, 3.8) is 0 Å². The van der Waals surface area contributed by atoms with Crippen LogP contribution in [-0.2, 0) is 9.59 Å². The molecule has 3 nitrogen and oxygen atoms in total. The Morgan fingerprint density at radius 2 is 2.04 bits per heavy atom. The van der Waals surface area contributed by atoms with Gasteiger partial charge >= 0.3 is 0 Å². The van der Waals surface area contributed by atoms with Gasteiger partial charge < -0.3 is 5.11 Å². The Bertz CT molecular complexity index is 774. The molecule has 148 valence electrons. The second kappa shape index (κ2) is 6.09. The SMILES string of the molecule is C[C@@H]1CC2C3C[C@H](F)C4=CC(=O)CC[C@]4(C)C3=CC[C@]2(C)[C@@]1(O)C(=O)CBr. The number of carbonyl (C=O) groups excluding carboxylic acids is 2. The van der Waals surface area contributed by atoms with Gasteiger partial charge in [0, 0.05) is 17.3 Å². The maximum atomic E-state index is 15.2. The summed E-state index contributed by atoms with van der Waals surface area (Å²) < 4.78 is 15.2. The van der Waals surface area contributed by atoms with Gasteiger partial charge in [0.25, 0.3) is 0 Å². The van der Waals surface area contributed by atoms with Crippen LogP contribution in [-0.4, -0.2) is 33.8 Å². The molecule has 2 saturated carbocycles. The number of halogens is 2. The first-order valence-electron chi connectivity index (χ1n) is 10.0. The van der Waals surface area contributed by atoms with Gasteiger partial charge in [-0.15, -0.1) is 0 Å². The lowest BCUT2D eigenvalue weighted by Gasteiger charge is -2.55. The van der Waals surface area contributed by atoms with Crippen LogP contribution in [0.3, 0.4) is 0 Å². The van der Waals surface area contributed by atoms with Crippen molar-refractivity contribution in [1.82, 2.24) is 0 Å². The molecule has 0 amide bonds. The van der Waals surface area contributed by atoms with Crippen molar-refractivity contribution in [2.24, 2.45) is 28.6 Å². The van der Waals surface area contributed by atoms with Crippen LogP contribution < -0.4 is 0 Å². The standard InChI is InChI=1S/C22H28BrFO3/c1-12-8-16-14-10-18(24)17-9-13(25)4-6-20(17,2)15(14)5-7-21(16,3)22(12,27)19(26)11-23/h5,9,12,14,16,18,27H,4,6-8,10-11H2,1-3H3/t12-,14?,16?,18+,20-,21+,22+/m1/s1. The monoisotopic (exact) mass is 438 g/mol. The zero-order chi connectivity index (χ0) is 19.8. The van der Waals surface area contributed by atoms with Gasteiger partial charge in [0.1, 0.15) is 11.8 Å². The minimum Gasteiger partial charge on any atom is -0.381 e. The fourth-order valence-corrected chi connectivity index (χ4v) is 7.33. The van der Waals surface area contributed by atoms with Crippen molar-refractivity contribution >= 4 is 27.5 Å². The maximum Gasteiger partial charge on any atom is 0.175 e. The van der Waals surface area contributed by atoms with E-state index in [1.165, 1.54) is 5.57 Å². The van der Waals surface area contributed by atoms with Crippen LogP contribution in [0.25, 0.3) is 0 Å². The Morgan fingerprint density at radius 1 is 1.33 bits per heavy atom. The Kier molecular flexibility index (Phi) is 4.40. The van der Waals surface area contributed by atoms with Gasteiger partial charge in [-0.25, -0.2) is 4.39 Å². The Balaban J connectivity index is 1.81. The molecule has 27 heavy (non-hydrogen) atoms. The van der Waals surface area contributed by atoms with E-state index in [9.17, 15) is 14.7 Å². The highest BCUT2D eigenvalue weighted by Gasteiger charge is 2.67. The van der Waals surface area contributed by atoms with E-state index < -0.39 is 22.6 Å². The summed E-state index contributed by atoms with van der Waals surface area (Å²) in [5.74, 6) is -0.194. The summed E-state index contributed by atoms with van der Waals surface area (Å²) in [5.41, 5.74) is -0.481. The maximum absolute atomic E-state index is 15.2. The number of alkyl halides is 2. The first-order valence-corrected chi connectivity index (χ1v) is 11.1. The number of Topliss-reactive ketones (excluding diaryl/α,β-unsaturated/α-hetero) is 1.